The molecule has 2 unspecified atom stereocenters. The number of nitrogens with one attached hydrogen (secondary N) is 1. The molecular weight excluding hydrogens is 262 g/mol. The first-order chi connectivity index (χ1) is 9.24. The van der Waals surface area contributed by atoms with Gasteiger partial charge in [0.2, 0.25) is 0 Å². The molecule has 2 aromatic rings. The minimum absolute atomic E-state index is 0.129. The third-order valence-corrected chi connectivity index (χ3v) is 3.20. The van der Waals surface area contributed by atoms with Crippen molar-refractivity contribution >= 4 is 23.2 Å². The van der Waals surface area contributed by atoms with Gasteiger partial charge < -0.3 is 10.1 Å². The Morgan fingerprint density at radius 1 is 1.11 bits per heavy atom. The smallest absolute Gasteiger partial charge is 0.256 e. The zero-order chi connectivity index (χ0) is 13.2. The minimum atomic E-state index is -0.432. The van der Waals surface area contributed by atoms with Gasteiger partial charge in [0.25, 0.3) is 5.91 Å². The van der Waals surface area contributed by atoms with Gasteiger partial charge in [0.05, 0.1) is 0 Å². The Balaban J connectivity index is 1.65. The van der Waals surface area contributed by atoms with E-state index in [1.807, 2.05) is 48.5 Å². The second-order valence-corrected chi connectivity index (χ2v) is 4.82. The van der Waals surface area contributed by atoms with Crippen LogP contribution >= 0.6 is 11.6 Å². The topological polar surface area (TPSA) is 41.6 Å². The monoisotopic (exact) mass is 273 g/mol. The summed E-state index contributed by atoms with van der Waals surface area (Å²) in [5, 5.41) is 3.47. The van der Waals surface area contributed by atoms with Crippen molar-refractivity contribution in [3.05, 3.63) is 65.2 Å². The number of carbonyl (C=O) groups is 1. The minimum Gasteiger partial charge on any atom is -0.354 e. The van der Waals surface area contributed by atoms with Crippen molar-refractivity contribution in [1.29, 1.82) is 0 Å². The Morgan fingerprint density at radius 3 is 2.63 bits per heavy atom. The highest BCUT2D eigenvalue weighted by molar-refractivity contribution is 6.30. The van der Waals surface area contributed by atoms with E-state index in [0.717, 1.165) is 11.3 Å². The molecule has 0 bridgehead atoms. The van der Waals surface area contributed by atoms with Gasteiger partial charge in [-0.05, 0) is 29.8 Å². The van der Waals surface area contributed by atoms with Gasteiger partial charge >= 0.3 is 0 Å². The van der Waals surface area contributed by atoms with E-state index in [-0.39, 0.29) is 12.0 Å². The van der Waals surface area contributed by atoms with Crippen LogP contribution in [0.4, 0.5) is 5.69 Å². The number of halogens is 1. The van der Waals surface area contributed by atoms with Gasteiger partial charge in [0.1, 0.15) is 6.10 Å². The number of amides is 1. The predicted molar refractivity (Wildman–Crippen MR) is 74.1 cm³/mol. The highest BCUT2D eigenvalue weighted by Gasteiger charge is 2.46. The van der Waals surface area contributed by atoms with Crippen LogP contribution in [0.3, 0.4) is 0 Å². The molecule has 2 aromatic carbocycles. The molecule has 3 rings (SSSR count). The van der Waals surface area contributed by atoms with Gasteiger partial charge in [-0.3, -0.25) is 4.79 Å². The Labute approximate surface area is 116 Å². The first-order valence-electron chi connectivity index (χ1n) is 6.01. The molecule has 19 heavy (non-hydrogen) atoms. The summed E-state index contributed by atoms with van der Waals surface area (Å²) in [6.45, 7) is 0. The van der Waals surface area contributed by atoms with Crippen molar-refractivity contribution < 1.29 is 9.53 Å². The molecular formula is C15H12ClNO2. The first-order valence-corrected chi connectivity index (χ1v) is 6.39. The van der Waals surface area contributed by atoms with Crippen LogP contribution in [0, 0.1) is 0 Å². The Kier molecular flexibility index (Phi) is 3.23. The summed E-state index contributed by atoms with van der Waals surface area (Å²) >= 11 is 5.92. The Morgan fingerprint density at radius 2 is 1.89 bits per heavy atom. The van der Waals surface area contributed by atoms with Crippen LogP contribution in [0.5, 0.6) is 0 Å². The van der Waals surface area contributed by atoms with Crippen molar-refractivity contribution in [3.8, 4) is 0 Å². The van der Waals surface area contributed by atoms with Gasteiger partial charge in [-0.25, -0.2) is 0 Å². The number of para-hydroxylation sites is 1. The molecule has 0 aromatic heterocycles. The fourth-order valence-electron chi connectivity index (χ4n) is 1.98. The third kappa shape index (κ3) is 2.78. The Bertz CT molecular complexity index is 600. The largest absolute Gasteiger partial charge is 0.354 e. The van der Waals surface area contributed by atoms with Crippen LogP contribution in [0.2, 0.25) is 5.02 Å². The van der Waals surface area contributed by atoms with Gasteiger partial charge in [-0.2, -0.15) is 0 Å². The second-order valence-electron chi connectivity index (χ2n) is 4.39. The van der Waals surface area contributed by atoms with E-state index in [4.69, 9.17) is 16.3 Å². The van der Waals surface area contributed by atoms with Crippen molar-refractivity contribution in [2.75, 3.05) is 5.32 Å². The average molecular weight is 274 g/mol. The number of ether oxygens (including phenoxy) is 1. The highest BCUT2D eigenvalue weighted by Crippen LogP contribution is 2.39. The van der Waals surface area contributed by atoms with Crippen LogP contribution < -0.4 is 5.32 Å². The van der Waals surface area contributed by atoms with Gasteiger partial charge in [0, 0.05) is 10.7 Å². The summed E-state index contributed by atoms with van der Waals surface area (Å²) in [4.78, 5) is 12.0. The molecule has 0 radical (unpaired) electrons. The first kappa shape index (κ1) is 12.2. The zero-order valence-corrected chi connectivity index (χ0v) is 10.8. The molecule has 1 saturated heterocycles. The maximum absolute atomic E-state index is 12.0. The lowest BCUT2D eigenvalue weighted by Gasteiger charge is -2.02. The van der Waals surface area contributed by atoms with Crippen LogP contribution in [0.25, 0.3) is 0 Å². The zero-order valence-electron chi connectivity index (χ0n) is 10.0. The molecule has 1 aliphatic heterocycles. The van der Waals surface area contributed by atoms with Crippen molar-refractivity contribution in [2.24, 2.45) is 0 Å². The summed E-state index contributed by atoms with van der Waals surface area (Å²) in [7, 11) is 0. The van der Waals surface area contributed by atoms with E-state index in [9.17, 15) is 4.79 Å². The van der Waals surface area contributed by atoms with Gasteiger partial charge in [0.15, 0.2) is 6.10 Å². The lowest BCUT2D eigenvalue weighted by Crippen LogP contribution is -2.18. The van der Waals surface area contributed by atoms with Crippen molar-refractivity contribution in [3.63, 3.8) is 0 Å². The SMILES string of the molecule is O=C(Nc1ccccc1)C1OC1c1cccc(Cl)c1. The standard InChI is InChI=1S/C15H12ClNO2/c16-11-6-4-5-10(9-11)13-14(19-13)15(18)17-12-7-2-1-3-8-12/h1-9,13-14H,(H,17,18). The molecule has 0 aliphatic carbocycles. The van der Waals surface area contributed by atoms with Crippen LogP contribution in [0.15, 0.2) is 54.6 Å². The fraction of sp³-hybridized carbons (Fsp3) is 0.133. The normalized spacial score (nSPS) is 20.9. The molecule has 1 amide bonds. The molecule has 1 heterocycles. The number of carbonyl (C=O) groups excluding carboxylic acids is 1. The Hall–Kier alpha value is -1.84. The lowest BCUT2D eigenvalue weighted by molar-refractivity contribution is -0.117. The molecule has 1 fully saturated rings. The summed E-state index contributed by atoms with van der Waals surface area (Å²) in [5.74, 6) is -0.129. The van der Waals surface area contributed by atoms with E-state index in [2.05, 4.69) is 5.32 Å². The lowest BCUT2D eigenvalue weighted by atomic mass is 10.1. The summed E-state index contributed by atoms with van der Waals surface area (Å²) in [6.07, 6.45) is -0.624. The van der Waals surface area contributed by atoms with E-state index >= 15 is 0 Å². The number of anilines is 1. The number of hydrogen-bond acceptors (Lipinski definition) is 2. The van der Waals surface area contributed by atoms with Gasteiger partial charge in [-0.1, -0.05) is 41.9 Å². The predicted octanol–water partition coefficient (Wildman–Crippen LogP) is 3.42. The van der Waals surface area contributed by atoms with Crippen LogP contribution in [-0.4, -0.2) is 12.0 Å². The number of rotatable bonds is 3. The molecule has 4 heteroatoms. The molecule has 1 aliphatic rings. The van der Waals surface area contributed by atoms with Gasteiger partial charge in [-0.15, -0.1) is 0 Å². The second kappa shape index (κ2) is 5.03. The summed E-state index contributed by atoms with van der Waals surface area (Å²) in [6, 6.07) is 16.7. The van der Waals surface area contributed by atoms with Crippen LogP contribution in [0.1, 0.15) is 11.7 Å². The quantitative estimate of drug-likeness (QED) is 0.871. The third-order valence-electron chi connectivity index (χ3n) is 2.97. The van der Waals surface area contributed by atoms with Crippen molar-refractivity contribution in [1.82, 2.24) is 0 Å². The molecule has 96 valence electrons. The van der Waals surface area contributed by atoms with Crippen LogP contribution in [-0.2, 0) is 9.53 Å². The highest BCUT2D eigenvalue weighted by atomic mass is 35.5. The van der Waals surface area contributed by atoms with E-state index in [1.54, 1.807) is 6.07 Å². The number of benzene rings is 2. The van der Waals surface area contributed by atoms with E-state index in [1.165, 1.54) is 0 Å². The molecule has 2 atom stereocenters. The molecule has 1 N–H and O–H groups in total. The maximum Gasteiger partial charge on any atom is 0.256 e. The maximum atomic E-state index is 12.0. The van der Waals surface area contributed by atoms with E-state index in [0.29, 0.717) is 5.02 Å². The summed E-state index contributed by atoms with van der Waals surface area (Å²) < 4.78 is 5.42. The molecule has 0 saturated carbocycles. The summed E-state index contributed by atoms with van der Waals surface area (Å²) in [5.41, 5.74) is 1.70. The average Bonchev–Trinajstić information content (AvgIpc) is 3.20. The van der Waals surface area contributed by atoms with E-state index < -0.39 is 6.10 Å². The van der Waals surface area contributed by atoms with Crippen molar-refractivity contribution in [2.45, 2.75) is 12.2 Å². The number of epoxide rings is 1. The molecule has 3 nitrogen and oxygen atoms in total. The fourth-order valence-corrected chi connectivity index (χ4v) is 2.18. The molecule has 0 spiro atoms. The number of hydrogen-bond donors (Lipinski definition) is 1.